The quantitative estimate of drug-likeness (QED) is 0.877. The number of halogens is 2. The number of aryl methyl sites for hydroxylation is 1. The summed E-state index contributed by atoms with van der Waals surface area (Å²) in [5.41, 5.74) is 8.22. The van der Waals surface area contributed by atoms with Crippen LogP contribution in [0.5, 0.6) is 0 Å². The molecule has 0 fully saturated rings. The van der Waals surface area contributed by atoms with Crippen LogP contribution in [0.3, 0.4) is 0 Å². The van der Waals surface area contributed by atoms with Gasteiger partial charge in [-0.3, -0.25) is 4.98 Å². The molecule has 2 aromatic rings. The van der Waals surface area contributed by atoms with E-state index in [-0.39, 0.29) is 6.04 Å². The van der Waals surface area contributed by atoms with E-state index in [1.807, 2.05) is 6.07 Å². The van der Waals surface area contributed by atoms with Gasteiger partial charge in [0, 0.05) is 20.0 Å². The van der Waals surface area contributed by atoms with Gasteiger partial charge in [0.1, 0.15) is 0 Å². The van der Waals surface area contributed by atoms with Gasteiger partial charge < -0.3 is 5.73 Å². The Balaban J connectivity index is 2.41. The fourth-order valence-corrected chi connectivity index (χ4v) is 3.50. The fourth-order valence-electron chi connectivity index (χ4n) is 1.52. The van der Waals surface area contributed by atoms with Crippen LogP contribution in [-0.4, -0.2) is 4.98 Å². The van der Waals surface area contributed by atoms with Gasteiger partial charge in [0.25, 0.3) is 0 Å². The standard InChI is InChI=1S/C11H10Br2N2S/c1-6-8(2-3-16-6)10(14)11-9(13)4-7(12)5-15-11/h2-5,10H,14H2,1H3. The highest BCUT2D eigenvalue weighted by Crippen LogP contribution is 2.30. The van der Waals surface area contributed by atoms with Crippen molar-refractivity contribution in [3.63, 3.8) is 0 Å². The Hall–Kier alpha value is -0.230. The van der Waals surface area contributed by atoms with E-state index in [4.69, 9.17) is 5.73 Å². The Labute approximate surface area is 115 Å². The van der Waals surface area contributed by atoms with Gasteiger partial charge in [0.2, 0.25) is 0 Å². The number of nitrogens with zero attached hydrogens (tertiary/aromatic N) is 1. The Morgan fingerprint density at radius 1 is 1.44 bits per heavy atom. The van der Waals surface area contributed by atoms with Crippen molar-refractivity contribution in [1.82, 2.24) is 4.98 Å². The van der Waals surface area contributed by atoms with E-state index >= 15 is 0 Å². The molecule has 0 aliphatic heterocycles. The summed E-state index contributed by atoms with van der Waals surface area (Å²) >= 11 is 8.57. The minimum atomic E-state index is -0.172. The average Bonchev–Trinajstić information content (AvgIpc) is 2.63. The molecular formula is C11H10Br2N2S. The van der Waals surface area contributed by atoms with Crippen molar-refractivity contribution in [2.45, 2.75) is 13.0 Å². The minimum absolute atomic E-state index is 0.172. The van der Waals surface area contributed by atoms with Crippen molar-refractivity contribution in [3.05, 3.63) is 48.8 Å². The first kappa shape index (κ1) is 12.2. The summed E-state index contributed by atoms with van der Waals surface area (Å²) in [4.78, 5) is 5.60. The first-order chi connectivity index (χ1) is 7.59. The van der Waals surface area contributed by atoms with Crippen LogP contribution in [0.4, 0.5) is 0 Å². The van der Waals surface area contributed by atoms with E-state index in [0.717, 1.165) is 20.2 Å². The summed E-state index contributed by atoms with van der Waals surface area (Å²) in [6.07, 6.45) is 1.77. The molecule has 2 aromatic heterocycles. The van der Waals surface area contributed by atoms with Crippen molar-refractivity contribution < 1.29 is 0 Å². The third kappa shape index (κ3) is 2.37. The van der Waals surface area contributed by atoms with E-state index < -0.39 is 0 Å². The maximum absolute atomic E-state index is 6.21. The molecule has 2 N–H and O–H groups in total. The molecule has 2 rings (SSSR count). The molecule has 16 heavy (non-hydrogen) atoms. The number of aromatic nitrogens is 1. The van der Waals surface area contributed by atoms with Crippen LogP contribution in [0.2, 0.25) is 0 Å². The number of rotatable bonds is 2. The lowest BCUT2D eigenvalue weighted by Crippen LogP contribution is -2.14. The molecule has 0 spiro atoms. The monoisotopic (exact) mass is 360 g/mol. The molecule has 0 bridgehead atoms. The smallest absolute Gasteiger partial charge is 0.0759 e. The molecule has 0 saturated carbocycles. The van der Waals surface area contributed by atoms with Crippen molar-refractivity contribution in [1.29, 1.82) is 0 Å². The zero-order valence-electron chi connectivity index (χ0n) is 8.58. The average molecular weight is 362 g/mol. The van der Waals surface area contributed by atoms with Crippen LogP contribution in [0.25, 0.3) is 0 Å². The highest BCUT2D eigenvalue weighted by molar-refractivity contribution is 9.11. The van der Waals surface area contributed by atoms with Crippen LogP contribution in [0.15, 0.2) is 32.7 Å². The molecule has 0 aliphatic rings. The third-order valence-electron chi connectivity index (χ3n) is 2.36. The lowest BCUT2D eigenvalue weighted by atomic mass is 10.1. The summed E-state index contributed by atoms with van der Waals surface area (Å²) in [6.45, 7) is 2.08. The number of pyridine rings is 1. The Kier molecular flexibility index (Phi) is 3.79. The predicted octanol–water partition coefficient (Wildman–Crippen LogP) is 4.02. The van der Waals surface area contributed by atoms with Crippen molar-refractivity contribution in [2.75, 3.05) is 0 Å². The molecule has 1 unspecified atom stereocenters. The second-order valence-corrected chi connectivity index (χ2v) is 6.32. The lowest BCUT2D eigenvalue weighted by Gasteiger charge is -2.12. The molecule has 2 heterocycles. The number of hydrogen-bond donors (Lipinski definition) is 1. The zero-order valence-corrected chi connectivity index (χ0v) is 12.6. The second-order valence-electron chi connectivity index (χ2n) is 3.43. The van der Waals surface area contributed by atoms with Crippen LogP contribution < -0.4 is 5.73 Å². The van der Waals surface area contributed by atoms with Gasteiger partial charge in [-0.2, -0.15) is 0 Å². The van der Waals surface area contributed by atoms with Crippen LogP contribution in [0, 0.1) is 6.92 Å². The van der Waals surface area contributed by atoms with Gasteiger partial charge in [-0.25, -0.2) is 0 Å². The van der Waals surface area contributed by atoms with Gasteiger partial charge in [0.05, 0.1) is 11.7 Å². The molecule has 0 radical (unpaired) electrons. The molecule has 0 aromatic carbocycles. The van der Waals surface area contributed by atoms with Gasteiger partial charge in [-0.15, -0.1) is 11.3 Å². The van der Waals surface area contributed by atoms with Crippen molar-refractivity contribution in [3.8, 4) is 0 Å². The van der Waals surface area contributed by atoms with Crippen molar-refractivity contribution >= 4 is 43.2 Å². The largest absolute Gasteiger partial charge is 0.319 e. The molecule has 0 aliphatic carbocycles. The molecule has 2 nitrogen and oxygen atoms in total. The molecule has 5 heteroatoms. The molecular weight excluding hydrogens is 352 g/mol. The maximum Gasteiger partial charge on any atom is 0.0759 e. The topological polar surface area (TPSA) is 38.9 Å². The Morgan fingerprint density at radius 2 is 2.19 bits per heavy atom. The predicted molar refractivity (Wildman–Crippen MR) is 74.7 cm³/mol. The van der Waals surface area contributed by atoms with E-state index in [9.17, 15) is 0 Å². The highest BCUT2D eigenvalue weighted by Gasteiger charge is 2.16. The molecule has 0 amide bonds. The van der Waals surface area contributed by atoms with Gasteiger partial charge in [-0.05, 0) is 61.9 Å². The van der Waals surface area contributed by atoms with E-state index in [2.05, 4.69) is 55.2 Å². The van der Waals surface area contributed by atoms with Gasteiger partial charge in [0.15, 0.2) is 0 Å². The van der Waals surface area contributed by atoms with E-state index in [0.29, 0.717) is 0 Å². The minimum Gasteiger partial charge on any atom is -0.319 e. The van der Waals surface area contributed by atoms with Crippen LogP contribution >= 0.6 is 43.2 Å². The highest BCUT2D eigenvalue weighted by atomic mass is 79.9. The van der Waals surface area contributed by atoms with Gasteiger partial charge >= 0.3 is 0 Å². The summed E-state index contributed by atoms with van der Waals surface area (Å²) < 4.78 is 1.87. The zero-order chi connectivity index (χ0) is 11.7. The summed E-state index contributed by atoms with van der Waals surface area (Å²) in [7, 11) is 0. The summed E-state index contributed by atoms with van der Waals surface area (Å²) in [5.74, 6) is 0. The maximum atomic E-state index is 6.21. The van der Waals surface area contributed by atoms with E-state index in [1.165, 1.54) is 4.88 Å². The molecule has 84 valence electrons. The van der Waals surface area contributed by atoms with Crippen LogP contribution in [-0.2, 0) is 0 Å². The molecule has 0 saturated heterocycles. The Bertz CT molecular complexity index is 510. The summed E-state index contributed by atoms with van der Waals surface area (Å²) in [6, 6.07) is 3.85. The van der Waals surface area contributed by atoms with Crippen molar-refractivity contribution in [2.24, 2.45) is 5.73 Å². The SMILES string of the molecule is Cc1sccc1C(N)c1ncc(Br)cc1Br. The first-order valence-corrected chi connectivity index (χ1v) is 7.16. The van der Waals surface area contributed by atoms with E-state index in [1.54, 1.807) is 17.5 Å². The number of hydrogen-bond acceptors (Lipinski definition) is 3. The number of nitrogens with two attached hydrogens (primary N) is 1. The number of thiophene rings is 1. The third-order valence-corrected chi connectivity index (χ3v) is 4.30. The van der Waals surface area contributed by atoms with Gasteiger partial charge in [-0.1, -0.05) is 0 Å². The fraction of sp³-hybridized carbons (Fsp3) is 0.182. The van der Waals surface area contributed by atoms with Crippen LogP contribution in [0.1, 0.15) is 22.2 Å². The normalized spacial score (nSPS) is 12.8. The Morgan fingerprint density at radius 3 is 2.75 bits per heavy atom. The summed E-state index contributed by atoms with van der Waals surface area (Å²) in [5, 5.41) is 2.05. The first-order valence-electron chi connectivity index (χ1n) is 4.70. The molecule has 1 atom stereocenters. The lowest BCUT2D eigenvalue weighted by molar-refractivity contribution is 0.819. The second kappa shape index (κ2) is 4.96.